The van der Waals surface area contributed by atoms with Gasteiger partial charge in [0.25, 0.3) is 5.91 Å². The normalized spacial score (nSPS) is 11.1. The van der Waals surface area contributed by atoms with Gasteiger partial charge in [-0.2, -0.15) is 0 Å². The lowest BCUT2D eigenvalue weighted by atomic mass is 10.0. The number of hydrogen-bond donors (Lipinski definition) is 1. The van der Waals surface area contributed by atoms with E-state index in [1.54, 1.807) is 42.5 Å². The second kappa shape index (κ2) is 10.3. The zero-order chi connectivity index (χ0) is 23.0. The number of anilines is 1. The quantitative estimate of drug-likeness (QED) is 0.304. The highest BCUT2D eigenvalue weighted by atomic mass is 16.5. The molecule has 0 spiro atoms. The molecule has 5 heteroatoms. The van der Waals surface area contributed by atoms with Crippen LogP contribution in [0.4, 0.5) is 5.69 Å². The number of carbonyl (C=O) groups excluding carboxylic acids is 1. The number of phenols is 1. The molecule has 0 bridgehead atoms. The smallest absolute Gasteiger partial charge is 0.259 e. The number of rotatable bonds is 7. The highest BCUT2D eigenvalue weighted by molar-refractivity contribution is 6.30. The Kier molecular flexibility index (Phi) is 6.81. The minimum absolute atomic E-state index is 0.0265. The van der Waals surface area contributed by atoms with Crippen LogP contribution in [-0.4, -0.2) is 23.1 Å². The number of carbonyl (C=O) groups is 1. The predicted molar refractivity (Wildman–Crippen MR) is 131 cm³/mol. The highest BCUT2D eigenvalue weighted by Crippen LogP contribution is 2.31. The number of ether oxygens (including phenoxy) is 1. The molecule has 3 aromatic carbocycles. The molecule has 1 heterocycles. The van der Waals surface area contributed by atoms with Gasteiger partial charge in [0.1, 0.15) is 11.5 Å². The summed E-state index contributed by atoms with van der Waals surface area (Å²) in [4.78, 5) is 20.0. The fourth-order valence-electron chi connectivity index (χ4n) is 3.51. The molecule has 0 saturated carbocycles. The molecular weight excluding hydrogens is 412 g/mol. The lowest BCUT2D eigenvalue weighted by Gasteiger charge is -2.25. The SMILES string of the molecule is COc1ccc(/C=C(/C(=O)N(Cc2ccccn2)c2ccccc2O)c2ccccc2)cc1. The van der Waals surface area contributed by atoms with Crippen LogP contribution in [0.3, 0.4) is 0 Å². The summed E-state index contributed by atoms with van der Waals surface area (Å²) in [6.07, 6.45) is 3.54. The fourth-order valence-corrected chi connectivity index (χ4v) is 3.51. The molecule has 1 aromatic heterocycles. The van der Waals surface area contributed by atoms with Crippen molar-refractivity contribution in [1.82, 2.24) is 4.98 Å². The van der Waals surface area contributed by atoms with Crippen LogP contribution >= 0.6 is 0 Å². The lowest BCUT2D eigenvalue weighted by Crippen LogP contribution is -2.31. The summed E-state index contributed by atoms with van der Waals surface area (Å²) >= 11 is 0. The number of aromatic nitrogens is 1. The van der Waals surface area contributed by atoms with Crippen molar-refractivity contribution in [2.75, 3.05) is 12.0 Å². The summed E-state index contributed by atoms with van der Waals surface area (Å²) in [7, 11) is 1.62. The van der Waals surface area contributed by atoms with Crippen molar-refractivity contribution < 1.29 is 14.6 Å². The fraction of sp³-hybridized carbons (Fsp3) is 0.0714. The highest BCUT2D eigenvalue weighted by Gasteiger charge is 2.24. The molecule has 0 radical (unpaired) electrons. The van der Waals surface area contributed by atoms with Gasteiger partial charge in [0.2, 0.25) is 0 Å². The van der Waals surface area contributed by atoms with E-state index >= 15 is 0 Å². The zero-order valence-electron chi connectivity index (χ0n) is 18.3. The zero-order valence-corrected chi connectivity index (χ0v) is 18.3. The van der Waals surface area contributed by atoms with Gasteiger partial charge >= 0.3 is 0 Å². The number of methoxy groups -OCH3 is 1. The van der Waals surface area contributed by atoms with E-state index < -0.39 is 0 Å². The van der Waals surface area contributed by atoms with Gasteiger partial charge in [-0.05, 0) is 53.6 Å². The molecule has 0 unspecified atom stereocenters. The molecule has 33 heavy (non-hydrogen) atoms. The Labute approximate surface area is 193 Å². The molecular formula is C28H24N2O3. The third kappa shape index (κ3) is 5.28. The molecule has 4 rings (SSSR count). The van der Waals surface area contributed by atoms with Crippen molar-refractivity contribution in [3.8, 4) is 11.5 Å². The first-order chi connectivity index (χ1) is 16.2. The van der Waals surface area contributed by atoms with E-state index in [0.29, 0.717) is 17.0 Å². The summed E-state index contributed by atoms with van der Waals surface area (Å²) in [6.45, 7) is 0.212. The first kappa shape index (κ1) is 21.8. The molecule has 1 amide bonds. The number of hydrogen-bond acceptors (Lipinski definition) is 4. The number of phenolic OH excluding ortho intramolecular Hbond substituents is 1. The van der Waals surface area contributed by atoms with Crippen molar-refractivity contribution in [1.29, 1.82) is 0 Å². The van der Waals surface area contributed by atoms with Crippen LogP contribution in [0.5, 0.6) is 11.5 Å². The van der Waals surface area contributed by atoms with Gasteiger partial charge in [0, 0.05) is 11.8 Å². The average molecular weight is 437 g/mol. The summed E-state index contributed by atoms with van der Waals surface area (Å²) in [5.41, 5.74) is 3.27. The second-order valence-corrected chi connectivity index (χ2v) is 7.40. The maximum Gasteiger partial charge on any atom is 0.259 e. The van der Waals surface area contributed by atoms with E-state index in [9.17, 15) is 9.90 Å². The Hall–Kier alpha value is -4.38. The standard InChI is InChI=1S/C28H24N2O3/c1-33-24-16-14-21(15-17-24)19-25(22-9-3-2-4-10-22)28(32)30(20-23-11-7-8-18-29-23)26-12-5-6-13-27(26)31/h2-19,31H,20H2,1H3/b25-19+. The molecule has 0 aliphatic heterocycles. The summed E-state index contributed by atoms with van der Waals surface area (Å²) in [5, 5.41) is 10.6. The first-order valence-corrected chi connectivity index (χ1v) is 10.6. The molecule has 4 aromatic rings. The van der Waals surface area contributed by atoms with Crippen LogP contribution in [0, 0.1) is 0 Å². The summed E-state index contributed by atoms with van der Waals surface area (Å²) in [5.74, 6) is 0.522. The predicted octanol–water partition coefficient (Wildman–Crippen LogP) is 5.57. The average Bonchev–Trinajstić information content (AvgIpc) is 2.87. The van der Waals surface area contributed by atoms with Crippen molar-refractivity contribution in [2.24, 2.45) is 0 Å². The monoisotopic (exact) mass is 436 g/mol. The number of para-hydroxylation sites is 2. The first-order valence-electron chi connectivity index (χ1n) is 10.6. The topological polar surface area (TPSA) is 62.7 Å². The molecule has 0 aliphatic carbocycles. The Balaban J connectivity index is 1.81. The molecule has 0 fully saturated rings. The van der Waals surface area contributed by atoms with Crippen LogP contribution in [0.25, 0.3) is 11.6 Å². The number of pyridine rings is 1. The van der Waals surface area contributed by atoms with Gasteiger partial charge in [-0.1, -0.05) is 60.7 Å². The minimum atomic E-state index is -0.246. The Morgan fingerprint density at radius 3 is 2.27 bits per heavy atom. The van der Waals surface area contributed by atoms with Gasteiger partial charge in [0.05, 0.1) is 25.0 Å². The third-order valence-electron chi connectivity index (χ3n) is 5.21. The summed E-state index contributed by atoms with van der Waals surface area (Å²) in [6, 6.07) is 29.4. The minimum Gasteiger partial charge on any atom is -0.506 e. The number of aromatic hydroxyl groups is 1. The van der Waals surface area contributed by atoms with Crippen molar-refractivity contribution in [3.05, 3.63) is 120 Å². The number of benzene rings is 3. The summed E-state index contributed by atoms with van der Waals surface area (Å²) < 4.78 is 5.25. The Bertz CT molecular complexity index is 1240. The number of amides is 1. The van der Waals surface area contributed by atoms with Gasteiger partial charge in [-0.15, -0.1) is 0 Å². The molecule has 0 atom stereocenters. The van der Waals surface area contributed by atoms with Crippen molar-refractivity contribution in [3.63, 3.8) is 0 Å². The van der Waals surface area contributed by atoms with E-state index in [1.807, 2.05) is 78.9 Å². The Morgan fingerprint density at radius 1 is 0.909 bits per heavy atom. The molecule has 5 nitrogen and oxygen atoms in total. The molecule has 0 saturated heterocycles. The van der Waals surface area contributed by atoms with Crippen molar-refractivity contribution >= 4 is 23.2 Å². The van der Waals surface area contributed by atoms with E-state index in [1.165, 1.54) is 0 Å². The maximum absolute atomic E-state index is 14.0. The van der Waals surface area contributed by atoms with Crippen LogP contribution in [-0.2, 0) is 11.3 Å². The van der Waals surface area contributed by atoms with E-state index in [-0.39, 0.29) is 18.2 Å². The molecule has 1 N–H and O–H groups in total. The van der Waals surface area contributed by atoms with Crippen LogP contribution in [0.15, 0.2) is 103 Å². The van der Waals surface area contributed by atoms with Gasteiger partial charge < -0.3 is 9.84 Å². The lowest BCUT2D eigenvalue weighted by molar-refractivity contribution is -0.113. The Morgan fingerprint density at radius 2 is 1.61 bits per heavy atom. The third-order valence-corrected chi connectivity index (χ3v) is 5.21. The van der Waals surface area contributed by atoms with E-state index in [4.69, 9.17) is 4.74 Å². The maximum atomic E-state index is 14.0. The molecule has 164 valence electrons. The van der Waals surface area contributed by atoms with E-state index in [0.717, 1.165) is 16.9 Å². The largest absolute Gasteiger partial charge is 0.506 e. The van der Waals surface area contributed by atoms with Crippen molar-refractivity contribution in [2.45, 2.75) is 6.54 Å². The van der Waals surface area contributed by atoms with E-state index in [2.05, 4.69) is 4.98 Å². The van der Waals surface area contributed by atoms with Gasteiger partial charge in [0.15, 0.2) is 0 Å². The van der Waals surface area contributed by atoms with Crippen LogP contribution < -0.4 is 9.64 Å². The molecule has 0 aliphatic rings. The second-order valence-electron chi connectivity index (χ2n) is 7.40. The van der Waals surface area contributed by atoms with Crippen LogP contribution in [0.1, 0.15) is 16.8 Å². The van der Waals surface area contributed by atoms with Crippen LogP contribution in [0.2, 0.25) is 0 Å². The number of nitrogens with zero attached hydrogens (tertiary/aromatic N) is 2. The van der Waals surface area contributed by atoms with Gasteiger partial charge in [-0.25, -0.2) is 0 Å². The van der Waals surface area contributed by atoms with Gasteiger partial charge in [-0.3, -0.25) is 14.7 Å².